The van der Waals surface area contributed by atoms with Crippen LogP contribution in [0.15, 0.2) is 11.6 Å². The zero-order valence-corrected chi connectivity index (χ0v) is 20.3. The summed E-state index contributed by atoms with van der Waals surface area (Å²) in [6.07, 6.45) is -0.577. The minimum Gasteiger partial charge on any atom is -0.462 e. The summed E-state index contributed by atoms with van der Waals surface area (Å²) in [7, 11) is 0. The Morgan fingerprint density at radius 1 is 1.03 bits per heavy atom. The molecule has 3 fully saturated rings. The Kier molecular flexibility index (Phi) is 6.28. The minimum absolute atomic E-state index is 0.142. The van der Waals surface area contributed by atoms with Gasteiger partial charge in [-0.25, -0.2) is 4.79 Å². The smallest absolute Gasteiger partial charge is 0.333 e. The van der Waals surface area contributed by atoms with E-state index in [4.69, 9.17) is 18.9 Å². The summed E-state index contributed by atoms with van der Waals surface area (Å²) in [4.78, 5) is 36.9. The van der Waals surface area contributed by atoms with Crippen LogP contribution in [0.3, 0.4) is 0 Å². The molecule has 0 amide bonds. The van der Waals surface area contributed by atoms with Gasteiger partial charge in [0, 0.05) is 38.2 Å². The number of fused-ring (bicyclic) bond motifs is 2. The van der Waals surface area contributed by atoms with Crippen LogP contribution in [0.2, 0.25) is 0 Å². The van der Waals surface area contributed by atoms with E-state index in [0.717, 1.165) is 0 Å². The number of esters is 3. The Bertz CT molecular complexity index is 834. The van der Waals surface area contributed by atoms with E-state index in [1.54, 1.807) is 19.9 Å². The lowest BCUT2D eigenvalue weighted by atomic mass is 9.66. The molecule has 0 aromatic carbocycles. The van der Waals surface area contributed by atoms with E-state index in [1.165, 1.54) is 13.8 Å². The molecule has 180 valence electrons. The van der Waals surface area contributed by atoms with Crippen molar-refractivity contribution in [3.8, 4) is 0 Å². The Morgan fingerprint density at radius 3 is 2.12 bits per heavy atom. The summed E-state index contributed by atoms with van der Waals surface area (Å²) in [5.74, 6) is -2.35. The fraction of sp³-hybridized carbons (Fsp3) is 0.792. The third kappa shape index (κ3) is 3.85. The summed E-state index contributed by atoms with van der Waals surface area (Å²) in [6.45, 7) is 13.6. The standard InChI is InChI=1S/C24H36O8/c1-9-13(4)21(27)31-16-10-22(7)19(32-22)20(30-15(6)26)23(8)17(29-14(5)25)11-24(28,12(2)3)18(16)23/h9,12,16-20,28H,10-11H2,1-8H3/b13-9+/t16-,17-,18+,19-,20+,22+,23-,24+/m1/s1. The van der Waals surface area contributed by atoms with E-state index in [0.29, 0.717) is 12.0 Å². The van der Waals surface area contributed by atoms with Crippen molar-refractivity contribution < 1.29 is 38.4 Å². The molecule has 0 aromatic rings. The molecule has 8 atom stereocenters. The zero-order chi connectivity index (χ0) is 24.2. The number of carbonyl (C=O) groups excluding carboxylic acids is 3. The van der Waals surface area contributed by atoms with E-state index < -0.39 is 64.9 Å². The Hall–Kier alpha value is -1.93. The second-order valence-corrected chi connectivity index (χ2v) is 10.3. The molecule has 0 aromatic heterocycles. The summed E-state index contributed by atoms with van der Waals surface area (Å²) in [5.41, 5.74) is -2.60. The highest BCUT2D eigenvalue weighted by Crippen LogP contribution is 2.65. The first kappa shape index (κ1) is 24.7. The van der Waals surface area contributed by atoms with Gasteiger partial charge >= 0.3 is 17.9 Å². The maximum absolute atomic E-state index is 12.8. The number of aliphatic hydroxyl groups is 1. The number of allylic oxidation sites excluding steroid dienone is 1. The van der Waals surface area contributed by atoms with Gasteiger partial charge in [-0.1, -0.05) is 26.8 Å². The Labute approximate surface area is 189 Å². The van der Waals surface area contributed by atoms with Gasteiger partial charge < -0.3 is 24.1 Å². The molecule has 8 nitrogen and oxygen atoms in total. The molecule has 0 unspecified atom stereocenters. The van der Waals surface area contributed by atoms with Crippen LogP contribution in [0.25, 0.3) is 0 Å². The molecule has 1 N–H and O–H groups in total. The number of hydrogen-bond donors (Lipinski definition) is 1. The van der Waals surface area contributed by atoms with Crippen LogP contribution in [-0.2, 0) is 33.3 Å². The number of ether oxygens (including phenoxy) is 4. The van der Waals surface area contributed by atoms with Crippen molar-refractivity contribution >= 4 is 17.9 Å². The number of hydrogen-bond acceptors (Lipinski definition) is 8. The van der Waals surface area contributed by atoms with Crippen LogP contribution >= 0.6 is 0 Å². The lowest BCUT2D eigenvalue weighted by Crippen LogP contribution is -2.56. The summed E-state index contributed by atoms with van der Waals surface area (Å²) in [5, 5.41) is 12.0. The van der Waals surface area contributed by atoms with Gasteiger partial charge in [0.2, 0.25) is 0 Å². The number of rotatable bonds is 5. The molecule has 0 bridgehead atoms. The highest BCUT2D eigenvalue weighted by atomic mass is 16.7. The van der Waals surface area contributed by atoms with Crippen molar-refractivity contribution in [2.45, 2.75) is 104 Å². The largest absolute Gasteiger partial charge is 0.462 e. The van der Waals surface area contributed by atoms with Crippen LogP contribution in [0.5, 0.6) is 0 Å². The van der Waals surface area contributed by atoms with E-state index in [9.17, 15) is 19.5 Å². The topological polar surface area (TPSA) is 112 Å². The predicted molar refractivity (Wildman–Crippen MR) is 114 cm³/mol. The first-order valence-corrected chi connectivity index (χ1v) is 11.3. The van der Waals surface area contributed by atoms with E-state index in [1.807, 2.05) is 27.7 Å². The molecular formula is C24H36O8. The van der Waals surface area contributed by atoms with Gasteiger partial charge in [0.05, 0.1) is 16.6 Å². The second-order valence-electron chi connectivity index (χ2n) is 10.3. The zero-order valence-electron chi connectivity index (χ0n) is 20.3. The van der Waals surface area contributed by atoms with Crippen molar-refractivity contribution in [1.29, 1.82) is 0 Å². The van der Waals surface area contributed by atoms with Gasteiger partial charge in [-0.15, -0.1) is 0 Å². The minimum atomic E-state index is -1.32. The number of carbonyl (C=O) groups is 3. The monoisotopic (exact) mass is 452 g/mol. The average Bonchev–Trinajstić information content (AvgIpc) is 3.27. The maximum Gasteiger partial charge on any atom is 0.333 e. The molecule has 8 heteroatoms. The molecule has 0 spiro atoms. The fourth-order valence-electron chi connectivity index (χ4n) is 5.90. The highest BCUT2D eigenvalue weighted by molar-refractivity contribution is 5.87. The molecule has 0 radical (unpaired) electrons. The summed E-state index contributed by atoms with van der Waals surface area (Å²) < 4.78 is 23.5. The lowest BCUT2D eigenvalue weighted by molar-refractivity contribution is -0.191. The molecular weight excluding hydrogens is 416 g/mol. The molecule has 1 aliphatic heterocycles. The van der Waals surface area contributed by atoms with Gasteiger partial charge in [-0.3, -0.25) is 9.59 Å². The first-order valence-electron chi connectivity index (χ1n) is 11.3. The van der Waals surface area contributed by atoms with Gasteiger partial charge in [-0.2, -0.15) is 0 Å². The number of epoxide rings is 1. The van der Waals surface area contributed by atoms with Crippen LogP contribution in [0, 0.1) is 17.3 Å². The molecule has 2 saturated carbocycles. The third-order valence-electron chi connectivity index (χ3n) is 7.84. The first-order chi connectivity index (χ1) is 14.7. The quantitative estimate of drug-likeness (QED) is 0.293. The normalized spacial score (nSPS) is 43.1. The van der Waals surface area contributed by atoms with Crippen LogP contribution < -0.4 is 0 Å². The average molecular weight is 453 g/mol. The molecule has 3 rings (SSSR count). The van der Waals surface area contributed by atoms with E-state index in [2.05, 4.69) is 0 Å². The predicted octanol–water partition coefficient (Wildman–Crippen LogP) is 2.70. The molecule has 32 heavy (non-hydrogen) atoms. The van der Waals surface area contributed by atoms with Crippen LogP contribution in [0.1, 0.15) is 68.2 Å². The molecule has 2 aliphatic carbocycles. The SMILES string of the molecule is C/C=C(\C)C(=O)O[C@@H]1C[C@]2(C)O[C@@H]2[C@H](OC(C)=O)[C@]2(C)[C@H](OC(C)=O)C[C@](O)(C(C)C)[C@@H]12. The highest BCUT2D eigenvalue weighted by Gasteiger charge is 2.77. The van der Waals surface area contributed by atoms with Crippen molar-refractivity contribution in [3.63, 3.8) is 0 Å². The van der Waals surface area contributed by atoms with Crippen molar-refractivity contribution in [2.75, 3.05) is 0 Å². The van der Waals surface area contributed by atoms with E-state index in [-0.39, 0.29) is 12.3 Å². The van der Waals surface area contributed by atoms with Crippen LogP contribution in [-0.4, -0.2) is 58.6 Å². The Balaban J connectivity index is 2.19. The Morgan fingerprint density at radius 2 is 1.62 bits per heavy atom. The second kappa shape index (κ2) is 8.13. The maximum atomic E-state index is 12.8. The third-order valence-corrected chi connectivity index (χ3v) is 7.84. The summed E-state index contributed by atoms with van der Waals surface area (Å²) in [6, 6.07) is 0. The van der Waals surface area contributed by atoms with Crippen molar-refractivity contribution in [2.24, 2.45) is 17.3 Å². The van der Waals surface area contributed by atoms with Crippen molar-refractivity contribution in [1.82, 2.24) is 0 Å². The molecule has 1 saturated heterocycles. The van der Waals surface area contributed by atoms with Gasteiger partial charge in [0.15, 0.2) is 0 Å². The summed E-state index contributed by atoms with van der Waals surface area (Å²) >= 11 is 0. The van der Waals surface area contributed by atoms with Gasteiger partial charge in [0.25, 0.3) is 0 Å². The lowest BCUT2D eigenvalue weighted by Gasteiger charge is -2.46. The van der Waals surface area contributed by atoms with Gasteiger partial charge in [0.1, 0.15) is 24.4 Å². The molecule has 3 aliphatic rings. The van der Waals surface area contributed by atoms with Crippen LogP contribution in [0.4, 0.5) is 0 Å². The fourth-order valence-corrected chi connectivity index (χ4v) is 5.90. The van der Waals surface area contributed by atoms with E-state index >= 15 is 0 Å². The van der Waals surface area contributed by atoms with Crippen molar-refractivity contribution in [3.05, 3.63) is 11.6 Å². The van der Waals surface area contributed by atoms with Gasteiger partial charge in [-0.05, 0) is 26.7 Å². The molecule has 1 heterocycles.